The molecule has 0 bridgehead atoms. The maximum absolute atomic E-state index is 12.1. The van der Waals surface area contributed by atoms with Crippen molar-refractivity contribution in [2.24, 2.45) is 5.41 Å². The molecule has 1 heterocycles. The molecule has 1 aliphatic carbocycles. The van der Waals surface area contributed by atoms with Crippen molar-refractivity contribution in [1.29, 1.82) is 0 Å². The summed E-state index contributed by atoms with van der Waals surface area (Å²) in [6, 6.07) is 1.76. The first-order chi connectivity index (χ1) is 8.40. The van der Waals surface area contributed by atoms with Crippen LogP contribution in [0, 0.1) is 5.41 Å². The predicted octanol–water partition coefficient (Wildman–Crippen LogP) is 3.70. The molecule has 1 saturated carbocycles. The van der Waals surface area contributed by atoms with E-state index < -0.39 is 0 Å². The number of hydrogen-bond donors (Lipinski definition) is 1. The quantitative estimate of drug-likeness (QED) is 0.843. The smallest absolute Gasteiger partial charge is 0.253 e. The van der Waals surface area contributed by atoms with Crippen LogP contribution in [-0.4, -0.2) is 16.9 Å². The van der Waals surface area contributed by atoms with Gasteiger partial charge in [-0.1, -0.05) is 43.5 Å². The maximum atomic E-state index is 12.1. The van der Waals surface area contributed by atoms with E-state index >= 15 is 0 Å². The Labute approximate surface area is 117 Å². The largest absolute Gasteiger partial charge is 0.349 e. The fourth-order valence-electron chi connectivity index (χ4n) is 2.38. The van der Waals surface area contributed by atoms with Crippen LogP contribution >= 0.6 is 23.2 Å². The van der Waals surface area contributed by atoms with Crippen molar-refractivity contribution < 1.29 is 4.79 Å². The van der Waals surface area contributed by atoms with Crippen LogP contribution in [-0.2, 0) is 0 Å². The molecule has 1 N–H and O–H groups in total. The number of pyridine rings is 1. The molecular weight excluding hydrogens is 271 g/mol. The standard InChI is InChI=1S/C13H16Cl2N2O/c1-13(2)5-3-4-10(13)17-12(18)8-6-9(14)11(15)16-7-8/h6-7,10H,3-5H2,1-2H3,(H,17,18). The van der Waals surface area contributed by atoms with E-state index in [9.17, 15) is 4.79 Å². The molecule has 0 aliphatic heterocycles. The summed E-state index contributed by atoms with van der Waals surface area (Å²) in [5.41, 5.74) is 0.603. The summed E-state index contributed by atoms with van der Waals surface area (Å²) < 4.78 is 0. The number of nitrogens with one attached hydrogen (secondary N) is 1. The minimum absolute atomic E-state index is 0.138. The lowest BCUT2D eigenvalue weighted by Gasteiger charge is -2.27. The van der Waals surface area contributed by atoms with Crippen LogP contribution < -0.4 is 5.32 Å². The van der Waals surface area contributed by atoms with Gasteiger partial charge in [0.05, 0.1) is 10.6 Å². The van der Waals surface area contributed by atoms with Gasteiger partial charge in [-0.15, -0.1) is 0 Å². The van der Waals surface area contributed by atoms with Crippen LogP contribution in [0.3, 0.4) is 0 Å². The molecule has 1 amide bonds. The first-order valence-corrected chi connectivity index (χ1v) is 6.78. The van der Waals surface area contributed by atoms with Crippen LogP contribution in [0.5, 0.6) is 0 Å². The third-order valence-corrected chi connectivity index (χ3v) is 4.31. The minimum Gasteiger partial charge on any atom is -0.349 e. The van der Waals surface area contributed by atoms with E-state index in [1.807, 2.05) is 0 Å². The first-order valence-electron chi connectivity index (χ1n) is 6.02. The van der Waals surface area contributed by atoms with Crippen LogP contribution in [0.25, 0.3) is 0 Å². The monoisotopic (exact) mass is 286 g/mol. The third kappa shape index (κ3) is 2.78. The van der Waals surface area contributed by atoms with Gasteiger partial charge in [0.1, 0.15) is 5.15 Å². The molecule has 1 aromatic rings. The molecule has 18 heavy (non-hydrogen) atoms. The van der Waals surface area contributed by atoms with Crippen molar-refractivity contribution in [3.63, 3.8) is 0 Å². The average Bonchev–Trinajstić information content (AvgIpc) is 2.62. The second-order valence-electron chi connectivity index (χ2n) is 5.40. The molecule has 1 atom stereocenters. The lowest BCUT2D eigenvalue weighted by Crippen LogP contribution is -2.41. The normalized spacial score (nSPS) is 21.9. The molecule has 1 fully saturated rings. The Morgan fingerprint density at radius 1 is 1.50 bits per heavy atom. The Morgan fingerprint density at radius 2 is 2.22 bits per heavy atom. The van der Waals surface area contributed by atoms with Crippen LogP contribution in [0.4, 0.5) is 0 Å². The molecular formula is C13H16Cl2N2O. The second kappa shape index (κ2) is 5.06. The molecule has 98 valence electrons. The van der Waals surface area contributed by atoms with E-state index in [2.05, 4.69) is 24.1 Å². The van der Waals surface area contributed by atoms with Gasteiger partial charge in [-0.3, -0.25) is 4.79 Å². The summed E-state index contributed by atoms with van der Waals surface area (Å²) in [5.74, 6) is -0.138. The molecule has 1 unspecified atom stereocenters. The van der Waals surface area contributed by atoms with Gasteiger partial charge >= 0.3 is 0 Å². The fraction of sp³-hybridized carbons (Fsp3) is 0.538. The highest BCUT2D eigenvalue weighted by molar-refractivity contribution is 6.41. The van der Waals surface area contributed by atoms with E-state index in [4.69, 9.17) is 23.2 Å². The van der Waals surface area contributed by atoms with Crippen LogP contribution in [0.15, 0.2) is 12.3 Å². The summed E-state index contributed by atoms with van der Waals surface area (Å²) in [5, 5.41) is 3.57. The Balaban J connectivity index is 2.10. The van der Waals surface area contributed by atoms with Gasteiger partial charge in [0.2, 0.25) is 0 Å². The molecule has 2 rings (SSSR count). The molecule has 5 heteroatoms. The van der Waals surface area contributed by atoms with Crippen molar-refractivity contribution in [2.75, 3.05) is 0 Å². The number of nitrogens with zero attached hydrogens (tertiary/aromatic N) is 1. The van der Waals surface area contributed by atoms with Crippen molar-refractivity contribution in [3.8, 4) is 0 Å². The SMILES string of the molecule is CC1(C)CCCC1NC(=O)c1cnc(Cl)c(Cl)c1. The molecule has 0 radical (unpaired) electrons. The van der Waals surface area contributed by atoms with Gasteiger partial charge in [0.15, 0.2) is 0 Å². The number of carbonyl (C=O) groups excluding carboxylic acids is 1. The Kier molecular flexibility index (Phi) is 3.83. The minimum atomic E-state index is -0.138. The van der Waals surface area contributed by atoms with Gasteiger partial charge in [-0.05, 0) is 24.3 Å². The molecule has 1 aliphatic rings. The van der Waals surface area contributed by atoms with E-state index in [1.165, 1.54) is 6.20 Å². The van der Waals surface area contributed by atoms with Crippen molar-refractivity contribution >= 4 is 29.1 Å². The molecule has 1 aromatic heterocycles. The third-order valence-electron chi connectivity index (χ3n) is 3.62. The van der Waals surface area contributed by atoms with Crippen LogP contribution in [0.2, 0.25) is 10.2 Å². The maximum Gasteiger partial charge on any atom is 0.253 e. The van der Waals surface area contributed by atoms with Gasteiger partial charge in [0.25, 0.3) is 5.91 Å². The average molecular weight is 287 g/mol. The summed E-state index contributed by atoms with van der Waals surface area (Å²) in [4.78, 5) is 16.0. The van der Waals surface area contributed by atoms with Gasteiger partial charge in [-0.2, -0.15) is 0 Å². The zero-order valence-electron chi connectivity index (χ0n) is 10.5. The molecule has 0 aromatic carbocycles. The fourth-order valence-corrected chi connectivity index (χ4v) is 2.65. The summed E-state index contributed by atoms with van der Waals surface area (Å²) >= 11 is 11.6. The van der Waals surface area contributed by atoms with Gasteiger partial charge in [0, 0.05) is 12.2 Å². The zero-order chi connectivity index (χ0) is 13.3. The summed E-state index contributed by atoms with van der Waals surface area (Å²) in [7, 11) is 0. The van der Waals surface area contributed by atoms with E-state index in [-0.39, 0.29) is 22.5 Å². The Bertz CT molecular complexity index is 474. The first kappa shape index (κ1) is 13.6. The van der Waals surface area contributed by atoms with Crippen molar-refractivity contribution in [3.05, 3.63) is 28.0 Å². The number of halogens is 2. The topological polar surface area (TPSA) is 42.0 Å². The zero-order valence-corrected chi connectivity index (χ0v) is 12.0. The number of amides is 1. The van der Waals surface area contributed by atoms with Gasteiger partial charge < -0.3 is 5.32 Å². The summed E-state index contributed by atoms with van der Waals surface area (Å²) in [6.07, 6.45) is 4.76. The highest BCUT2D eigenvalue weighted by Crippen LogP contribution is 2.37. The molecule has 0 spiro atoms. The highest BCUT2D eigenvalue weighted by Gasteiger charge is 2.35. The number of hydrogen-bond acceptors (Lipinski definition) is 2. The van der Waals surface area contributed by atoms with E-state index in [1.54, 1.807) is 6.07 Å². The molecule has 0 saturated heterocycles. The van der Waals surface area contributed by atoms with Gasteiger partial charge in [-0.25, -0.2) is 4.98 Å². The van der Waals surface area contributed by atoms with E-state index in [0.29, 0.717) is 10.6 Å². The van der Waals surface area contributed by atoms with Crippen molar-refractivity contribution in [2.45, 2.75) is 39.2 Å². The number of rotatable bonds is 2. The van der Waals surface area contributed by atoms with Crippen LogP contribution in [0.1, 0.15) is 43.5 Å². The highest BCUT2D eigenvalue weighted by atomic mass is 35.5. The Morgan fingerprint density at radius 3 is 2.78 bits per heavy atom. The number of carbonyl (C=O) groups is 1. The van der Waals surface area contributed by atoms with E-state index in [0.717, 1.165) is 19.3 Å². The van der Waals surface area contributed by atoms with Crippen molar-refractivity contribution in [1.82, 2.24) is 10.3 Å². The second-order valence-corrected chi connectivity index (χ2v) is 6.17. The number of aromatic nitrogens is 1. The Hall–Kier alpha value is -0.800. The lowest BCUT2D eigenvalue weighted by atomic mass is 9.87. The summed E-state index contributed by atoms with van der Waals surface area (Å²) in [6.45, 7) is 4.36. The lowest BCUT2D eigenvalue weighted by molar-refractivity contribution is 0.0909. The molecule has 3 nitrogen and oxygen atoms in total. The predicted molar refractivity (Wildman–Crippen MR) is 73.1 cm³/mol.